The molecule has 0 aliphatic heterocycles. The molecule has 0 radical (unpaired) electrons. The van der Waals surface area contributed by atoms with Crippen LogP contribution in [0.4, 0.5) is 0 Å². The van der Waals surface area contributed by atoms with Gasteiger partial charge in [0, 0.05) is 0 Å². The third-order valence-corrected chi connectivity index (χ3v) is 4.33. The van der Waals surface area contributed by atoms with Crippen LogP contribution in [0.25, 0.3) is 0 Å². The summed E-state index contributed by atoms with van der Waals surface area (Å²) in [6.07, 6.45) is 8.76. The minimum Gasteiger partial charge on any atom is -0.809 e. The van der Waals surface area contributed by atoms with Gasteiger partial charge >= 0.3 is 23.9 Å². The van der Waals surface area contributed by atoms with Crippen LogP contribution in [0.3, 0.4) is 0 Å². The Balaban J connectivity index is 0.00000441. The molecule has 0 aromatic heterocycles. The largest absolute Gasteiger partial charge is 4.00 e. The third-order valence-electron chi connectivity index (χ3n) is 3.48. The Bertz CT molecular complexity index is 449. The molecule has 1 aromatic rings. The first kappa shape index (κ1) is 22.8. The fourth-order valence-electron chi connectivity index (χ4n) is 2.39. The number of para-hydroxylation sites is 1. The van der Waals surface area contributed by atoms with Gasteiger partial charge in [-0.3, -0.25) is 0 Å². The van der Waals surface area contributed by atoms with Crippen LogP contribution in [0.15, 0.2) is 18.2 Å². The van der Waals surface area contributed by atoms with E-state index in [2.05, 4.69) is 13.8 Å². The summed E-state index contributed by atoms with van der Waals surface area (Å²) in [5.41, 5.74) is -1.17. The summed E-state index contributed by atoms with van der Waals surface area (Å²) in [6, 6.07) is 6.12. The minimum absolute atomic E-state index is 0. The number of hydrogen-bond acceptors (Lipinski definition) is 4. The Morgan fingerprint density at radius 1 is 1.05 bits per heavy atom. The van der Waals surface area contributed by atoms with Crippen molar-refractivity contribution >= 4 is 53.7 Å². The van der Waals surface area contributed by atoms with Crippen molar-refractivity contribution in [3.05, 3.63) is 29.3 Å². The summed E-state index contributed by atoms with van der Waals surface area (Å²) < 4.78 is 5.51. The minimum atomic E-state index is -3.35. The molecule has 6 heteroatoms. The molecular weight excluding hydrogens is 438 g/mol. The SMILES string of the molecule is CCCCCc1cccc(CCCCC)c1OP([O-])(=S)[S-].[Sn+4]. The molecule has 0 amide bonds. The monoisotopic (exact) mass is 464 g/mol. The molecule has 0 saturated heterocycles. The van der Waals surface area contributed by atoms with Crippen LogP contribution < -0.4 is 9.42 Å². The molecular formula is C16H25O2PS2Sn+2. The van der Waals surface area contributed by atoms with Crippen LogP contribution in [-0.4, -0.2) is 23.9 Å². The maximum absolute atomic E-state index is 11.8. The average Bonchev–Trinajstić information content (AvgIpc) is 2.41. The summed E-state index contributed by atoms with van der Waals surface area (Å²) in [6.45, 7) is 4.36. The van der Waals surface area contributed by atoms with Gasteiger partial charge in [0.05, 0.1) is 0 Å². The number of rotatable bonds is 10. The van der Waals surface area contributed by atoms with E-state index in [1.54, 1.807) is 0 Å². The molecule has 1 atom stereocenters. The van der Waals surface area contributed by atoms with E-state index in [0.29, 0.717) is 5.75 Å². The molecule has 22 heavy (non-hydrogen) atoms. The summed E-state index contributed by atoms with van der Waals surface area (Å²) >= 11 is 9.61. The van der Waals surface area contributed by atoms with Crippen LogP contribution >= 0.6 is 5.69 Å². The van der Waals surface area contributed by atoms with Gasteiger partial charge in [-0.05, 0) is 36.8 Å². The molecule has 0 fully saturated rings. The Hall–Kier alpha value is 0.779. The normalized spacial score (nSPS) is 13.3. The van der Waals surface area contributed by atoms with Crippen molar-refractivity contribution in [3.63, 3.8) is 0 Å². The predicted molar refractivity (Wildman–Crippen MR) is 101 cm³/mol. The van der Waals surface area contributed by atoms with E-state index in [1.807, 2.05) is 18.2 Å². The first-order valence-electron chi connectivity index (χ1n) is 7.80. The molecule has 0 aliphatic carbocycles. The van der Waals surface area contributed by atoms with Crippen molar-refractivity contribution < 1.29 is 9.42 Å². The molecule has 1 unspecified atom stereocenters. The second-order valence-corrected chi connectivity index (χ2v) is 10.0. The van der Waals surface area contributed by atoms with Gasteiger partial charge in [-0.25, -0.2) is 0 Å². The van der Waals surface area contributed by atoms with Gasteiger partial charge in [0.25, 0.3) is 0 Å². The standard InChI is InChI=1S/C16H27O2PS2.Sn/c1-3-5-7-10-14-12-9-13-15(11-8-6-4-2)16(14)18-19(17,20)21;/h9,12-13H,3-8,10-11H2,1-2H3,(H2,17,20,21);/q;+4/p-2. The fraction of sp³-hybridized carbons (Fsp3) is 0.625. The van der Waals surface area contributed by atoms with Crippen molar-refractivity contribution in [3.8, 4) is 5.75 Å². The number of benzene rings is 1. The van der Waals surface area contributed by atoms with Crippen LogP contribution in [0.2, 0.25) is 0 Å². The molecule has 120 valence electrons. The van der Waals surface area contributed by atoms with E-state index in [0.717, 1.165) is 36.8 Å². The Labute approximate surface area is 162 Å². The molecule has 0 saturated carbocycles. The maximum atomic E-state index is 11.8. The van der Waals surface area contributed by atoms with E-state index >= 15 is 0 Å². The fourth-order valence-corrected chi connectivity index (χ4v) is 3.30. The molecule has 1 rings (SSSR count). The summed E-state index contributed by atoms with van der Waals surface area (Å²) in [5, 5.41) is 0. The quantitative estimate of drug-likeness (QED) is 0.225. The van der Waals surface area contributed by atoms with Gasteiger partial charge in [0.2, 0.25) is 0 Å². The first-order valence-corrected chi connectivity index (χ1v) is 11.5. The van der Waals surface area contributed by atoms with Crippen LogP contribution in [0.1, 0.15) is 63.5 Å². The molecule has 0 heterocycles. The van der Waals surface area contributed by atoms with Crippen molar-refractivity contribution in [2.24, 2.45) is 0 Å². The van der Waals surface area contributed by atoms with Crippen LogP contribution in [0, 0.1) is 0 Å². The van der Waals surface area contributed by atoms with Crippen molar-refractivity contribution in [2.75, 3.05) is 0 Å². The second kappa shape index (κ2) is 12.2. The zero-order valence-electron chi connectivity index (χ0n) is 13.5. The van der Waals surface area contributed by atoms with Gasteiger partial charge in [-0.1, -0.05) is 75.2 Å². The zero-order valence-corrected chi connectivity index (χ0v) is 18.9. The summed E-state index contributed by atoms with van der Waals surface area (Å²) in [4.78, 5) is 11.8. The van der Waals surface area contributed by atoms with E-state index < -0.39 is 5.69 Å². The Morgan fingerprint density at radius 3 is 1.86 bits per heavy atom. The average molecular weight is 463 g/mol. The van der Waals surface area contributed by atoms with E-state index in [1.165, 1.54) is 25.7 Å². The summed E-state index contributed by atoms with van der Waals surface area (Å²) in [7, 11) is 0. The van der Waals surface area contributed by atoms with Crippen molar-refractivity contribution in [1.29, 1.82) is 0 Å². The van der Waals surface area contributed by atoms with Crippen molar-refractivity contribution in [2.45, 2.75) is 65.2 Å². The molecule has 0 aliphatic rings. The molecule has 0 N–H and O–H groups in total. The van der Waals surface area contributed by atoms with Gasteiger partial charge < -0.3 is 21.7 Å². The molecule has 0 spiro atoms. The molecule has 2 nitrogen and oxygen atoms in total. The Kier molecular flexibility index (Phi) is 12.6. The molecule has 0 bridgehead atoms. The maximum Gasteiger partial charge on any atom is 4.00 e. The second-order valence-electron chi connectivity index (χ2n) is 5.36. The first-order chi connectivity index (χ1) is 9.98. The topological polar surface area (TPSA) is 32.3 Å². The van der Waals surface area contributed by atoms with Crippen molar-refractivity contribution in [1.82, 2.24) is 0 Å². The van der Waals surface area contributed by atoms with Gasteiger partial charge in [0.1, 0.15) is 5.75 Å². The van der Waals surface area contributed by atoms with Crippen LogP contribution in [-0.2, 0) is 36.9 Å². The van der Waals surface area contributed by atoms with Gasteiger partial charge in [-0.2, -0.15) is 0 Å². The number of hydrogen-bond donors (Lipinski definition) is 0. The third kappa shape index (κ3) is 9.17. The van der Waals surface area contributed by atoms with Crippen LogP contribution in [0.5, 0.6) is 5.75 Å². The van der Waals surface area contributed by atoms with E-state index in [-0.39, 0.29) is 23.9 Å². The zero-order chi connectivity index (χ0) is 15.7. The summed E-state index contributed by atoms with van der Waals surface area (Å²) in [5.74, 6) is 0.693. The van der Waals surface area contributed by atoms with E-state index in [4.69, 9.17) is 28.6 Å². The Morgan fingerprint density at radius 2 is 1.50 bits per heavy atom. The number of aryl methyl sites for hydroxylation is 2. The van der Waals surface area contributed by atoms with Gasteiger partial charge in [-0.15, -0.1) is 0 Å². The predicted octanol–water partition coefficient (Wildman–Crippen LogP) is 4.28. The smallest absolute Gasteiger partial charge is 0.809 e. The van der Waals surface area contributed by atoms with Gasteiger partial charge in [0.15, 0.2) is 0 Å². The van der Waals surface area contributed by atoms with E-state index in [9.17, 15) is 4.89 Å². The molecule has 1 aromatic carbocycles. The number of unbranched alkanes of at least 4 members (excludes halogenated alkanes) is 4.